The van der Waals surface area contributed by atoms with Gasteiger partial charge >= 0.3 is 0 Å². The van der Waals surface area contributed by atoms with Crippen LogP contribution in [0.25, 0.3) is 0 Å². The second-order valence-corrected chi connectivity index (χ2v) is 4.84. The zero-order valence-electron chi connectivity index (χ0n) is 12.5. The van der Waals surface area contributed by atoms with Crippen LogP contribution in [0.2, 0.25) is 0 Å². The highest BCUT2D eigenvalue weighted by molar-refractivity contribution is 5.94. The number of carbonyl (C=O) groups is 2. The highest BCUT2D eigenvalue weighted by Gasteiger charge is 2.13. The number of nitrogens with one attached hydrogen (secondary N) is 1. The predicted octanol–water partition coefficient (Wildman–Crippen LogP) is 1.68. The average molecular weight is 302 g/mol. The zero-order chi connectivity index (χ0) is 15.9. The summed E-state index contributed by atoms with van der Waals surface area (Å²) in [6.45, 7) is 0.163. The fourth-order valence-electron chi connectivity index (χ4n) is 1.65. The molecule has 2 rings (SSSR count). The molecule has 0 aliphatic heterocycles. The number of benzene rings is 1. The maximum Gasteiger partial charge on any atom is 0.287 e. The molecule has 1 aromatic heterocycles. The van der Waals surface area contributed by atoms with Gasteiger partial charge in [-0.1, -0.05) is 18.2 Å². The summed E-state index contributed by atoms with van der Waals surface area (Å²) in [5, 5.41) is 2.50. The second-order valence-electron chi connectivity index (χ2n) is 4.84. The number of rotatable bonds is 6. The van der Waals surface area contributed by atoms with Gasteiger partial charge in [-0.3, -0.25) is 9.59 Å². The molecular weight excluding hydrogens is 284 g/mol. The first-order valence-electron chi connectivity index (χ1n) is 6.81. The van der Waals surface area contributed by atoms with Crippen molar-refractivity contribution in [3.8, 4) is 5.75 Å². The van der Waals surface area contributed by atoms with Crippen LogP contribution in [-0.2, 0) is 11.4 Å². The van der Waals surface area contributed by atoms with Gasteiger partial charge in [0, 0.05) is 14.1 Å². The van der Waals surface area contributed by atoms with E-state index in [9.17, 15) is 9.59 Å². The molecule has 0 aliphatic carbocycles. The van der Waals surface area contributed by atoms with Crippen LogP contribution in [0.3, 0.4) is 0 Å². The zero-order valence-corrected chi connectivity index (χ0v) is 12.5. The van der Waals surface area contributed by atoms with Crippen molar-refractivity contribution >= 4 is 11.8 Å². The summed E-state index contributed by atoms with van der Waals surface area (Å²) in [5.74, 6) is 0.793. The van der Waals surface area contributed by atoms with E-state index in [0.717, 1.165) is 5.75 Å². The SMILES string of the molecule is CN(C)C(=O)CNC(=O)c1ccc(COc2ccccc2)o1. The van der Waals surface area contributed by atoms with E-state index in [1.807, 2.05) is 30.3 Å². The van der Waals surface area contributed by atoms with E-state index >= 15 is 0 Å². The van der Waals surface area contributed by atoms with E-state index in [0.29, 0.717) is 5.76 Å². The van der Waals surface area contributed by atoms with E-state index in [1.54, 1.807) is 26.2 Å². The van der Waals surface area contributed by atoms with Crippen LogP contribution in [-0.4, -0.2) is 37.4 Å². The Kier molecular flexibility index (Phi) is 5.19. The van der Waals surface area contributed by atoms with E-state index < -0.39 is 5.91 Å². The molecule has 6 heteroatoms. The number of carbonyl (C=O) groups excluding carboxylic acids is 2. The molecule has 1 aromatic carbocycles. The number of ether oxygens (including phenoxy) is 1. The minimum atomic E-state index is -0.429. The fraction of sp³-hybridized carbons (Fsp3) is 0.250. The topological polar surface area (TPSA) is 71.8 Å². The van der Waals surface area contributed by atoms with Crippen LogP contribution in [0.15, 0.2) is 46.9 Å². The van der Waals surface area contributed by atoms with Crippen molar-refractivity contribution in [2.45, 2.75) is 6.61 Å². The molecule has 2 aromatic rings. The average Bonchev–Trinajstić information content (AvgIpc) is 3.00. The normalized spacial score (nSPS) is 10.1. The van der Waals surface area contributed by atoms with Crippen molar-refractivity contribution in [2.75, 3.05) is 20.6 Å². The number of amides is 2. The summed E-state index contributed by atoms with van der Waals surface area (Å²) in [6, 6.07) is 12.5. The van der Waals surface area contributed by atoms with Crippen LogP contribution in [0, 0.1) is 0 Å². The molecule has 0 fully saturated rings. The molecule has 0 unspecified atom stereocenters. The van der Waals surface area contributed by atoms with Crippen LogP contribution >= 0.6 is 0 Å². The third-order valence-corrected chi connectivity index (χ3v) is 2.91. The molecule has 0 atom stereocenters. The molecule has 0 spiro atoms. The molecule has 0 saturated heterocycles. The third-order valence-electron chi connectivity index (χ3n) is 2.91. The summed E-state index contributed by atoms with van der Waals surface area (Å²) in [6.07, 6.45) is 0. The number of hydrogen-bond donors (Lipinski definition) is 1. The quantitative estimate of drug-likeness (QED) is 0.881. The Labute approximate surface area is 128 Å². The number of hydrogen-bond acceptors (Lipinski definition) is 4. The lowest BCUT2D eigenvalue weighted by Crippen LogP contribution is -2.36. The molecule has 0 bridgehead atoms. The minimum absolute atomic E-state index is 0.0671. The van der Waals surface area contributed by atoms with Crippen LogP contribution < -0.4 is 10.1 Å². The molecule has 0 saturated carbocycles. The van der Waals surface area contributed by atoms with Crippen LogP contribution in [0.1, 0.15) is 16.3 Å². The molecule has 22 heavy (non-hydrogen) atoms. The largest absolute Gasteiger partial charge is 0.486 e. The Balaban J connectivity index is 1.85. The van der Waals surface area contributed by atoms with E-state index in [-0.39, 0.29) is 24.8 Å². The lowest BCUT2D eigenvalue weighted by molar-refractivity contribution is -0.127. The molecule has 6 nitrogen and oxygen atoms in total. The van der Waals surface area contributed by atoms with Gasteiger partial charge in [0.15, 0.2) is 5.76 Å². The van der Waals surface area contributed by atoms with Gasteiger partial charge in [-0.2, -0.15) is 0 Å². The third kappa shape index (κ3) is 4.37. The molecule has 116 valence electrons. The summed E-state index contributed by atoms with van der Waals surface area (Å²) in [5.41, 5.74) is 0. The summed E-state index contributed by atoms with van der Waals surface area (Å²) >= 11 is 0. The van der Waals surface area contributed by atoms with Gasteiger partial charge in [0.1, 0.15) is 18.1 Å². The molecule has 0 radical (unpaired) electrons. The summed E-state index contributed by atoms with van der Waals surface area (Å²) in [4.78, 5) is 24.7. The monoisotopic (exact) mass is 302 g/mol. The van der Waals surface area contributed by atoms with Gasteiger partial charge in [-0.15, -0.1) is 0 Å². The van der Waals surface area contributed by atoms with Gasteiger partial charge in [0.2, 0.25) is 5.91 Å². The van der Waals surface area contributed by atoms with Gasteiger partial charge in [-0.05, 0) is 24.3 Å². The number of likely N-dealkylation sites (N-methyl/N-ethyl adjacent to an activating group) is 1. The Morgan fingerprint density at radius 3 is 2.55 bits per heavy atom. The van der Waals surface area contributed by atoms with Gasteiger partial charge in [-0.25, -0.2) is 0 Å². The summed E-state index contributed by atoms with van der Waals surface area (Å²) in [7, 11) is 3.25. The van der Waals surface area contributed by atoms with Crippen molar-refractivity contribution in [3.63, 3.8) is 0 Å². The standard InChI is InChI=1S/C16H18N2O4/c1-18(2)15(19)10-17-16(20)14-9-8-13(22-14)11-21-12-6-4-3-5-7-12/h3-9H,10-11H2,1-2H3,(H,17,20). The molecule has 0 aliphatic rings. The van der Waals surface area contributed by atoms with Crippen molar-refractivity contribution in [2.24, 2.45) is 0 Å². The van der Waals surface area contributed by atoms with E-state index in [4.69, 9.17) is 9.15 Å². The Bertz CT molecular complexity index is 635. The molecule has 1 N–H and O–H groups in total. The van der Waals surface area contributed by atoms with Crippen LogP contribution in [0.5, 0.6) is 5.75 Å². The lowest BCUT2D eigenvalue weighted by atomic mass is 10.3. The highest BCUT2D eigenvalue weighted by Crippen LogP contribution is 2.13. The number of para-hydroxylation sites is 1. The molecule has 1 heterocycles. The van der Waals surface area contributed by atoms with Crippen molar-refractivity contribution in [1.29, 1.82) is 0 Å². The van der Waals surface area contributed by atoms with Crippen LogP contribution in [0.4, 0.5) is 0 Å². The van der Waals surface area contributed by atoms with E-state index in [1.165, 1.54) is 4.90 Å². The van der Waals surface area contributed by atoms with Crippen molar-refractivity contribution in [3.05, 3.63) is 54.0 Å². The maximum absolute atomic E-state index is 11.8. The minimum Gasteiger partial charge on any atom is -0.486 e. The van der Waals surface area contributed by atoms with Gasteiger partial charge in [0.05, 0.1) is 6.54 Å². The Hall–Kier alpha value is -2.76. The highest BCUT2D eigenvalue weighted by atomic mass is 16.5. The maximum atomic E-state index is 11.8. The number of furan rings is 1. The van der Waals surface area contributed by atoms with Gasteiger partial charge < -0.3 is 19.4 Å². The Morgan fingerprint density at radius 1 is 1.14 bits per heavy atom. The first-order valence-corrected chi connectivity index (χ1v) is 6.81. The molecule has 2 amide bonds. The lowest BCUT2D eigenvalue weighted by Gasteiger charge is -2.10. The number of nitrogens with zero attached hydrogens (tertiary/aromatic N) is 1. The molecular formula is C16H18N2O4. The van der Waals surface area contributed by atoms with E-state index in [2.05, 4.69) is 5.32 Å². The fourth-order valence-corrected chi connectivity index (χ4v) is 1.65. The van der Waals surface area contributed by atoms with Gasteiger partial charge in [0.25, 0.3) is 5.91 Å². The first-order chi connectivity index (χ1) is 10.6. The second kappa shape index (κ2) is 7.31. The smallest absolute Gasteiger partial charge is 0.287 e. The first kappa shape index (κ1) is 15.6. The van der Waals surface area contributed by atoms with Crippen molar-refractivity contribution in [1.82, 2.24) is 10.2 Å². The summed E-state index contributed by atoms with van der Waals surface area (Å²) < 4.78 is 10.9. The Morgan fingerprint density at radius 2 is 1.86 bits per heavy atom. The van der Waals surface area contributed by atoms with Crippen molar-refractivity contribution < 1.29 is 18.7 Å². The predicted molar refractivity (Wildman–Crippen MR) is 80.5 cm³/mol.